The second-order valence-electron chi connectivity index (χ2n) is 7.78. The van der Waals surface area contributed by atoms with E-state index in [1.807, 2.05) is 60.7 Å². The maximum absolute atomic E-state index is 12.7. The minimum absolute atomic E-state index is 0.214. The minimum Gasteiger partial charge on any atom is -0.497 e. The van der Waals surface area contributed by atoms with Crippen LogP contribution in [0.1, 0.15) is 16.7 Å². The van der Waals surface area contributed by atoms with E-state index in [4.69, 9.17) is 31.5 Å². The zero-order chi connectivity index (χ0) is 25.5. The molecule has 1 N–H and O–H groups in total. The van der Waals surface area contributed by atoms with Crippen LogP contribution in [0.5, 0.6) is 17.2 Å². The average Bonchev–Trinajstić information content (AvgIpc) is 3.14. The summed E-state index contributed by atoms with van der Waals surface area (Å²) in [5.41, 5.74) is 2.63. The number of ether oxygens (including phenoxy) is 3. The van der Waals surface area contributed by atoms with Crippen LogP contribution in [0.2, 0.25) is 0 Å². The van der Waals surface area contributed by atoms with Crippen LogP contribution in [0.3, 0.4) is 0 Å². The number of methoxy groups -OCH3 is 1. The van der Waals surface area contributed by atoms with Crippen LogP contribution < -0.4 is 14.2 Å². The van der Waals surface area contributed by atoms with E-state index in [1.54, 1.807) is 25.3 Å². The van der Waals surface area contributed by atoms with Gasteiger partial charge in [-0.15, -0.1) is 0 Å². The molecule has 1 heterocycles. The molecule has 3 aromatic rings. The SMILES string of the molecule is COc1cccc(COc2cc(/C=C3\SC(=S)N(CC(=O)O)C3=O)ccc2OCc2ccccc2)c1. The number of hydrogen-bond acceptors (Lipinski definition) is 7. The molecule has 0 unspecified atom stereocenters. The molecule has 9 heteroatoms. The Bertz CT molecular complexity index is 1310. The summed E-state index contributed by atoms with van der Waals surface area (Å²) < 4.78 is 17.7. The Labute approximate surface area is 218 Å². The van der Waals surface area contributed by atoms with Crippen LogP contribution in [-0.4, -0.2) is 39.9 Å². The van der Waals surface area contributed by atoms with Gasteiger partial charge in [-0.05, 0) is 47.0 Å². The zero-order valence-electron chi connectivity index (χ0n) is 19.4. The summed E-state index contributed by atoms with van der Waals surface area (Å²) in [5, 5.41) is 9.05. The van der Waals surface area contributed by atoms with Gasteiger partial charge in [0, 0.05) is 0 Å². The third-order valence-electron chi connectivity index (χ3n) is 5.20. The highest BCUT2D eigenvalue weighted by atomic mass is 32.2. The van der Waals surface area contributed by atoms with Gasteiger partial charge in [-0.1, -0.05) is 72.5 Å². The third kappa shape index (κ3) is 6.44. The van der Waals surface area contributed by atoms with Gasteiger partial charge in [0.15, 0.2) is 11.5 Å². The van der Waals surface area contributed by atoms with Crippen molar-refractivity contribution in [1.82, 2.24) is 4.90 Å². The van der Waals surface area contributed by atoms with Crippen LogP contribution in [0, 0.1) is 0 Å². The predicted octanol–water partition coefficient (Wildman–Crippen LogP) is 5.14. The number of thiocarbonyl (C=S) groups is 1. The summed E-state index contributed by atoms with van der Waals surface area (Å²) in [4.78, 5) is 25.1. The molecule has 184 valence electrons. The Morgan fingerprint density at radius 3 is 2.44 bits per heavy atom. The molecule has 3 aromatic carbocycles. The van der Waals surface area contributed by atoms with E-state index in [0.717, 1.165) is 33.5 Å². The first kappa shape index (κ1) is 25.3. The van der Waals surface area contributed by atoms with Crippen molar-refractivity contribution in [3.8, 4) is 17.2 Å². The number of aliphatic carboxylic acids is 1. The molecule has 0 aliphatic carbocycles. The maximum Gasteiger partial charge on any atom is 0.323 e. The van der Waals surface area contributed by atoms with Gasteiger partial charge in [-0.3, -0.25) is 14.5 Å². The van der Waals surface area contributed by atoms with Gasteiger partial charge in [0.25, 0.3) is 5.91 Å². The Morgan fingerprint density at radius 1 is 0.972 bits per heavy atom. The van der Waals surface area contributed by atoms with E-state index in [-0.39, 0.29) is 10.9 Å². The fraction of sp³-hybridized carbons (Fsp3) is 0.148. The van der Waals surface area contributed by atoms with E-state index in [1.165, 1.54) is 0 Å². The number of thioether (sulfide) groups is 1. The Balaban J connectivity index is 1.58. The summed E-state index contributed by atoms with van der Waals surface area (Å²) in [6, 6.07) is 22.7. The van der Waals surface area contributed by atoms with Crippen molar-refractivity contribution in [2.45, 2.75) is 13.2 Å². The molecule has 1 fully saturated rings. The standard InChI is InChI=1S/C27H23NO6S2/c1-32-21-9-5-8-20(12-21)17-34-23-13-19(10-11-22(23)33-16-18-6-3-2-4-7-18)14-24-26(31)28(15-25(29)30)27(35)36-24/h2-14H,15-17H2,1H3,(H,29,30)/b24-14-. The van der Waals surface area contributed by atoms with Crippen molar-refractivity contribution in [1.29, 1.82) is 0 Å². The summed E-state index contributed by atoms with van der Waals surface area (Å²) >= 11 is 6.25. The number of amides is 1. The predicted molar refractivity (Wildman–Crippen MR) is 142 cm³/mol. The van der Waals surface area contributed by atoms with Gasteiger partial charge in [0.05, 0.1) is 12.0 Å². The van der Waals surface area contributed by atoms with Gasteiger partial charge in [-0.2, -0.15) is 0 Å². The smallest absolute Gasteiger partial charge is 0.323 e. The van der Waals surface area contributed by atoms with Crippen LogP contribution >= 0.6 is 24.0 Å². The largest absolute Gasteiger partial charge is 0.497 e. The maximum atomic E-state index is 12.7. The van der Waals surface area contributed by atoms with Gasteiger partial charge < -0.3 is 19.3 Å². The lowest BCUT2D eigenvalue weighted by atomic mass is 10.1. The summed E-state index contributed by atoms with van der Waals surface area (Å²) in [6.45, 7) is 0.176. The highest BCUT2D eigenvalue weighted by Gasteiger charge is 2.33. The lowest BCUT2D eigenvalue weighted by molar-refractivity contribution is -0.140. The van der Waals surface area contributed by atoms with Crippen molar-refractivity contribution >= 4 is 46.3 Å². The second kappa shape index (κ2) is 11.7. The van der Waals surface area contributed by atoms with Crippen LogP contribution in [0.15, 0.2) is 77.7 Å². The lowest BCUT2D eigenvalue weighted by Gasteiger charge is -2.14. The molecule has 36 heavy (non-hydrogen) atoms. The number of carboxylic acid groups (broad SMARTS) is 1. The molecule has 0 bridgehead atoms. The molecule has 0 saturated carbocycles. The topological polar surface area (TPSA) is 85.3 Å². The van der Waals surface area contributed by atoms with E-state index in [2.05, 4.69) is 0 Å². The van der Waals surface area contributed by atoms with Gasteiger partial charge in [-0.25, -0.2) is 0 Å². The van der Waals surface area contributed by atoms with Gasteiger partial charge in [0.1, 0.15) is 29.8 Å². The number of benzene rings is 3. The number of carbonyl (C=O) groups excluding carboxylic acids is 1. The van der Waals surface area contributed by atoms with E-state index < -0.39 is 18.4 Å². The molecule has 1 saturated heterocycles. The average molecular weight is 522 g/mol. The minimum atomic E-state index is -1.12. The zero-order valence-corrected chi connectivity index (χ0v) is 21.0. The molecular weight excluding hydrogens is 498 g/mol. The summed E-state index contributed by atoms with van der Waals surface area (Å²) in [5.74, 6) is 0.228. The van der Waals surface area contributed by atoms with E-state index in [0.29, 0.717) is 28.6 Å². The lowest BCUT2D eigenvalue weighted by Crippen LogP contribution is -2.33. The van der Waals surface area contributed by atoms with Crippen LogP contribution in [0.4, 0.5) is 0 Å². The first-order valence-corrected chi connectivity index (χ1v) is 12.2. The van der Waals surface area contributed by atoms with Crippen LogP contribution in [-0.2, 0) is 22.8 Å². The monoisotopic (exact) mass is 521 g/mol. The highest BCUT2D eigenvalue weighted by molar-refractivity contribution is 8.26. The Morgan fingerprint density at radius 2 is 1.69 bits per heavy atom. The Kier molecular flexibility index (Phi) is 8.24. The van der Waals surface area contributed by atoms with Crippen molar-refractivity contribution in [2.75, 3.05) is 13.7 Å². The number of nitrogens with zero attached hydrogens (tertiary/aromatic N) is 1. The molecule has 7 nitrogen and oxygen atoms in total. The summed E-state index contributed by atoms with van der Waals surface area (Å²) in [7, 11) is 1.61. The first-order chi connectivity index (χ1) is 17.4. The molecule has 0 radical (unpaired) electrons. The van der Waals surface area contributed by atoms with E-state index in [9.17, 15) is 9.59 Å². The van der Waals surface area contributed by atoms with Crippen molar-refractivity contribution < 1.29 is 28.9 Å². The van der Waals surface area contributed by atoms with Crippen molar-refractivity contribution in [2.24, 2.45) is 0 Å². The fourth-order valence-corrected chi connectivity index (χ4v) is 4.68. The molecule has 0 atom stereocenters. The normalized spacial score (nSPS) is 14.2. The molecule has 1 aliphatic heterocycles. The van der Waals surface area contributed by atoms with Crippen molar-refractivity contribution in [3.63, 3.8) is 0 Å². The van der Waals surface area contributed by atoms with Crippen molar-refractivity contribution in [3.05, 3.63) is 94.4 Å². The fourth-order valence-electron chi connectivity index (χ4n) is 3.43. The molecular formula is C27H23NO6S2. The number of carboxylic acids is 1. The van der Waals surface area contributed by atoms with Gasteiger partial charge >= 0.3 is 5.97 Å². The van der Waals surface area contributed by atoms with E-state index >= 15 is 0 Å². The summed E-state index contributed by atoms with van der Waals surface area (Å²) in [6.07, 6.45) is 1.67. The molecule has 0 spiro atoms. The molecule has 0 aromatic heterocycles. The first-order valence-electron chi connectivity index (χ1n) is 11.0. The quantitative estimate of drug-likeness (QED) is 0.290. The number of carbonyl (C=O) groups is 2. The third-order valence-corrected chi connectivity index (χ3v) is 6.58. The number of rotatable bonds is 10. The Hall–Kier alpha value is -3.82. The molecule has 1 amide bonds. The molecule has 4 rings (SSSR count). The second-order valence-corrected chi connectivity index (χ2v) is 9.46. The highest BCUT2D eigenvalue weighted by Crippen LogP contribution is 2.35. The van der Waals surface area contributed by atoms with Crippen LogP contribution in [0.25, 0.3) is 6.08 Å². The number of hydrogen-bond donors (Lipinski definition) is 1. The van der Waals surface area contributed by atoms with Gasteiger partial charge in [0.2, 0.25) is 0 Å². The molecule has 1 aliphatic rings.